The summed E-state index contributed by atoms with van der Waals surface area (Å²) in [7, 11) is 0. The van der Waals surface area contributed by atoms with E-state index in [4.69, 9.17) is 5.73 Å². The van der Waals surface area contributed by atoms with Crippen molar-refractivity contribution in [3.63, 3.8) is 0 Å². The Kier molecular flexibility index (Phi) is 3.56. The van der Waals surface area contributed by atoms with E-state index in [0.29, 0.717) is 5.69 Å². The van der Waals surface area contributed by atoms with Gasteiger partial charge in [0.05, 0.1) is 5.69 Å². The Hall–Kier alpha value is -2.70. The zero-order valence-corrected chi connectivity index (χ0v) is 10.1. The van der Waals surface area contributed by atoms with Crippen molar-refractivity contribution in [2.45, 2.75) is 6.92 Å². The van der Waals surface area contributed by atoms with Crippen molar-refractivity contribution in [1.82, 2.24) is 9.97 Å². The zero-order chi connectivity index (χ0) is 13.8. The average Bonchev–Trinajstić information content (AvgIpc) is 2.30. The van der Waals surface area contributed by atoms with Crippen LogP contribution in [0.25, 0.3) is 0 Å². The van der Waals surface area contributed by atoms with E-state index in [9.17, 15) is 9.18 Å². The van der Waals surface area contributed by atoms with Gasteiger partial charge in [0.1, 0.15) is 5.82 Å². The maximum atomic E-state index is 13.4. The largest absolute Gasteiger partial charge is 0.369 e. The lowest BCUT2D eigenvalue weighted by molar-refractivity contribution is 0.632. The van der Waals surface area contributed by atoms with E-state index in [1.165, 1.54) is 18.2 Å². The highest BCUT2D eigenvalue weighted by Gasteiger charge is 2.02. The third kappa shape index (κ3) is 3.38. The molecule has 1 aromatic heterocycles. The molecule has 0 saturated heterocycles. The molecule has 0 aliphatic carbocycles. The first-order valence-corrected chi connectivity index (χ1v) is 5.48. The molecule has 2 rings (SSSR count). The number of nitrogens with one attached hydrogen (secondary N) is 2. The summed E-state index contributed by atoms with van der Waals surface area (Å²) < 4.78 is 13.4. The third-order valence-corrected chi connectivity index (χ3v) is 2.22. The smallest absolute Gasteiger partial charge is 0.252 e. The van der Waals surface area contributed by atoms with Crippen molar-refractivity contribution in [1.29, 1.82) is 0 Å². The summed E-state index contributed by atoms with van der Waals surface area (Å²) in [5.41, 5.74) is 6.00. The first-order chi connectivity index (χ1) is 9.04. The lowest BCUT2D eigenvalue weighted by Gasteiger charge is -2.05. The molecule has 0 spiro atoms. The van der Waals surface area contributed by atoms with Crippen LogP contribution in [0.2, 0.25) is 0 Å². The second-order valence-electron chi connectivity index (χ2n) is 3.81. The fraction of sp³-hybridized carbons (Fsp3) is 0.0833. The highest BCUT2D eigenvalue weighted by Crippen LogP contribution is 2.12. The quantitative estimate of drug-likeness (QED) is 0.560. The molecule has 0 aliphatic heterocycles. The second kappa shape index (κ2) is 5.30. The SMILES string of the molecule is Cc1cc(=O)[nH]c(N=C(N)Nc2ccccc2F)n1. The minimum absolute atomic E-state index is 0.0614. The molecule has 1 heterocycles. The predicted octanol–water partition coefficient (Wildman–Crippen LogP) is 1.28. The standard InChI is InChI=1S/C12H12FN5O/c1-7-6-10(19)17-12(15-7)18-11(14)16-9-5-3-2-4-8(9)13/h2-6H,1H3,(H4,14,15,16,17,18,19). The number of H-pyrrole nitrogens is 1. The Bertz CT molecular complexity index is 680. The van der Waals surface area contributed by atoms with Crippen LogP contribution in [0.1, 0.15) is 5.69 Å². The van der Waals surface area contributed by atoms with Crippen molar-refractivity contribution in [2.75, 3.05) is 5.32 Å². The number of aromatic amines is 1. The van der Waals surface area contributed by atoms with Gasteiger partial charge in [0.25, 0.3) is 5.56 Å². The Morgan fingerprint density at radius 1 is 1.47 bits per heavy atom. The van der Waals surface area contributed by atoms with Crippen molar-refractivity contribution in [3.05, 3.63) is 52.2 Å². The minimum Gasteiger partial charge on any atom is -0.369 e. The number of aliphatic imine (C=N–C) groups is 1. The summed E-state index contributed by atoms with van der Waals surface area (Å²) in [6.45, 7) is 1.66. The maximum Gasteiger partial charge on any atom is 0.252 e. The number of guanidine groups is 1. The van der Waals surface area contributed by atoms with Gasteiger partial charge in [-0.25, -0.2) is 9.37 Å². The van der Waals surface area contributed by atoms with Gasteiger partial charge in [-0.1, -0.05) is 12.1 Å². The van der Waals surface area contributed by atoms with Gasteiger partial charge < -0.3 is 11.1 Å². The van der Waals surface area contributed by atoms with E-state index in [1.54, 1.807) is 19.1 Å². The van der Waals surface area contributed by atoms with Crippen LogP contribution in [0.15, 0.2) is 40.1 Å². The summed E-state index contributed by atoms with van der Waals surface area (Å²) >= 11 is 0. The lowest BCUT2D eigenvalue weighted by atomic mass is 10.3. The van der Waals surface area contributed by atoms with E-state index >= 15 is 0 Å². The number of benzene rings is 1. The Morgan fingerprint density at radius 3 is 2.89 bits per heavy atom. The van der Waals surface area contributed by atoms with E-state index in [1.807, 2.05) is 0 Å². The predicted molar refractivity (Wildman–Crippen MR) is 70.9 cm³/mol. The van der Waals surface area contributed by atoms with Crippen LogP contribution >= 0.6 is 0 Å². The second-order valence-corrected chi connectivity index (χ2v) is 3.81. The van der Waals surface area contributed by atoms with E-state index in [2.05, 4.69) is 20.3 Å². The fourth-order valence-electron chi connectivity index (χ4n) is 1.46. The van der Waals surface area contributed by atoms with Crippen LogP contribution < -0.4 is 16.6 Å². The highest BCUT2D eigenvalue weighted by atomic mass is 19.1. The molecule has 98 valence electrons. The molecule has 2 aromatic rings. The van der Waals surface area contributed by atoms with Crippen molar-refractivity contribution < 1.29 is 4.39 Å². The molecule has 0 saturated carbocycles. The van der Waals surface area contributed by atoms with Crippen LogP contribution in [0.5, 0.6) is 0 Å². The Morgan fingerprint density at radius 2 is 2.21 bits per heavy atom. The molecule has 0 unspecified atom stereocenters. The molecule has 19 heavy (non-hydrogen) atoms. The number of aryl methyl sites for hydroxylation is 1. The number of halogens is 1. The van der Waals surface area contributed by atoms with Gasteiger partial charge >= 0.3 is 0 Å². The number of nitrogens with two attached hydrogens (primary N) is 1. The summed E-state index contributed by atoms with van der Waals surface area (Å²) in [4.78, 5) is 21.5. The first-order valence-electron chi connectivity index (χ1n) is 5.48. The van der Waals surface area contributed by atoms with Gasteiger partial charge in [0, 0.05) is 11.8 Å². The normalized spacial score (nSPS) is 11.4. The molecule has 0 aliphatic rings. The van der Waals surface area contributed by atoms with Crippen molar-refractivity contribution in [2.24, 2.45) is 10.7 Å². The van der Waals surface area contributed by atoms with E-state index in [-0.39, 0.29) is 23.2 Å². The fourth-order valence-corrected chi connectivity index (χ4v) is 1.46. The highest BCUT2D eigenvalue weighted by molar-refractivity contribution is 5.93. The number of hydrogen-bond donors (Lipinski definition) is 3. The van der Waals surface area contributed by atoms with E-state index in [0.717, 1.165) is 0 Å². The topological polar surface area (TPSA) is 96.2 Å². The molecule has 0 atom stereocenters. The summed E-state index contributed by atoms with van der Waals surface area (Å²) in [5, 5.41) is 2.59. The van der Waals surface area contributed by atoms with Crippen LogP contribution in [-0.4, -0.2) is 15.9 Å². The Balaban J connectivity index is 2.24. The molecule has 7 heteroatoms. The van der Waals surface area contributed by atoms with E-state index < -0.39 is 5.82 Å². The number of nitrogens with zero attached hydrogens (tertiary/aromatic N) is 2. The van der Waals surface area contributed by atoms with Gasteiger partial charge in [0.15, 0.2) is 0 Å². The van der Waals surface area contributed by atoms with Crippen LogP contribution in [0, 0.1) is 12.7 Å². The average molecular weight is 261 g/mol. The molecule has 1 aromatic carbocycles. The van der Waals surface area contributed by atoms with Crippen molar-refractivity contribution >= 4 is 17.6 Å². The van der Waals surface area contributed by atoms with Gasteiger partial charge in [-0.15, -0.1) is 0 Å². The van der Waals surface area contributed by atoms with Gasteiger partial charge in [-0.05, 0) is 19.1 Å². The summed E-state index contributed by atoms with van der Waals surface area (Å²) in [5.74, 6) is -0.462. The number of hydrogen-bond acceptors (Lipinski definition) is 3. The van der Waals surface area contributed by atoms with Crippen LogP contribution in [0.4, 0.5) is 16.0 Å². The monoisotopic (exact) mass is 261 g/mol. The van der Waals surface area contributed by atoms with Gasteiger partial charge in [-0.3, -0.25) is 9.78 Å². The molecule has 4 N–H and O–H groups in total. The molecule has 6 nitrogen and oxygen atoms in total. The molecule has 0 amide bonds. The number of anilines is 1. The number of rotatable bonds is 2. The number of aromatic nitrogens is 2. The summed E-state index contributed by atoms with van der Waals surface area (Å²) in [6.07, 6.45) is 0. The minimum atomic E-state index is -0.452. The van der Waals surface area contributed by atoms with Gasteiger partial charge in [-0.2, -0.15) is 4.99 Å². The maximum absolute atomic E-state index is 13.4. The molecule has 0 radical (unpaired) electrons. The lowest BCUT2D eigenvalue weighted by Crippen LogP contribution is -2.23. The third-order valence-electron chi connectivity index (χ3n) is 2.22. The summed E-state index contributed by atoms with van der Waals surface area (Å²) in [6, 6.07) is 7.37. The number of para-hydroxylation sites is 1. The molecule has 0 fully saturated rings. The van der Waals surface area contributed by atoms with Crippen LogP contribution in [0.3, 0.4) is 0 Å². The van der Waals surface area contributed by atoms with Crippen LogP contribution in [-0.2, 0) is 0 Å². The Labute approximate surface area is 108 Å². The van der Waals surface area contributed by atoms with Gasteiger partial charge in [0.2, 0.25) is 11.9 Å². The zero-order valence-electron chi connectivity index (χ0n) is 10.1. The first kappa shape index (κ1) is 12.7. The molecule has 0 bridgehead atoms. The molecular formula is C12H12FN5O. The molecular weight excluding hydrogens is 249 g/mol. The van der Waals surface area contributed by atoms with Crippen molar-refractivity contribution in [3.8, 4) is 0 Å².